The van der Waals surface area contributed by atoms with E-state index in [1.165, 1.54) is 0 Å². The molecule has 1 heterocycles. The molecule has 0 radical (unpaired) electrons. The Morgan fingerprint density at radius 1 is 0.682 bits per heavy atom. The Morgan fingerprint density at radius 2 is 1.14 bits per heavy atom. The molecule has 0 amide bonds. The summed E-state index contributed by atoms with van der Waals surface area (Å²) in [5.74, 6) is 1.60. The van der Waals surface area contributed by atoms with E-state index in [-0.39, 0.29) is 0 Å². The Balaban J connectivity index is 1.91. The summed E-state index contributed by atoms with van der Waals surface area (Å²) in [5, 5.41) is 0. The number of methoxy groups -OCH3 is 2. The molecule has 0 fully saturated rings. The molecule has 22 heavy (non-hydrogen) atoms. The van der Waals surface area contributed by atoms with Gasteiger partial charge in [0.2, 0.25) is 0 Å². The second-order valence-corrected chi connectivity index (χ2v) is 4.75. The Kier molecular flexibility index (Phi) is 4.01. The Hall–Kier alpha value is -2.88. The van der Waals surface area contributed by atoms with Gasteiger partial charge in [-0.25, -0.2) is 0 Å². The fraction of sp³-hybridized carbons (Fsp3) is 0.111. The van der Waals surface area contributed by atoms with E-state index in [0.29, 0.717) is 0 Å². The number of hydrogen-bond donors (Lipinski definition) is 0. The third kappa shape index (κ3) is 2.91. The molecule has 0 bridgehead atoms. The lowest BCUT2D eigenvalue weighted by atomic mass is 10.1. The molecule has 0 atom stereocenters. The number of ether oxygens (including phenoxy) is 2. The highest BCUT2D eigenvalue weighted by molar-refractivity contribution is 5.64. The summed E-state index contributed by atoms with van der Waals surface area (Å²) < 4.78 is 10.5. The van der Waals surface area contributed by atoms with Crippen molar-refractivity contribution < 1.29 is 9.47 Å². The minimum Gasteiger partial charge on any atom is -0.497 e. The second kappa shape index (κ2) is 6.26. The monoisotopic (exact) mass is 292 g/mol. The Labute approximate surface area is 129 Å². The predicted molar refractivity (Wildman–Crippen MR) is 86.0 cm³/mol. The van der Waals surface area contributed by atoms with Crippen molar-refractivity contribution >= 4 is 0 Å². The lowest BCUT2D eigenvalue weighted by molar-refractivity contribution is 0.415. The van der Waals surface area contributed by atoms with E-state index in [1.807, 2.05) is 48.5 Å². The van der Waals surface area contributed by atoms with Crippen molar-refractivity contribution in [1.82, 2.24) is 9.97 Å². The molecule has 0 aliphatic carbocycles. The van der Waals surface area contributed by atoms with Gasteiger partial charge in [0.25, 0.3) is 0 Å². The molecular weight excluding hydrogens is 276 g/mol. The van der Waals surface area contributed by atoms with Crippen LogP contribution >= 0.6 is 0 Å². The van der Waals surface area contributed by atoms with Gasteiger partial charge in [-0.3, -0.25) is 9.97 Å². The highest BCUT2D eigenvalue weighted by Crippen LogP contribution is 2.25. The molecular formula is C18H16N2O2. The number of rotatable bonds is 4. The van der Waals surface area contributed by atoms with Crippen LogP contribution in [0.5, 0.6) is 11.5 Å². The van der Waals surface area contributed by atoms with Crippen LogP contribution < -0.4 is 9.47 Å². The molecule has 3 aromatic rings. The first-order chi connectivity index (χ1) is 10.8. The molecule has 0 saturated carbocycles. The van der Waals surface area contributed by atoms with Crippen LogP contribution in [0.3, 0.4) is 0 Å². The van der Waals surface area contributed by atoms with Gasteiger partial charge in [0, 0.05) is 11.1 Å². The second-order valence-electron chi connectivity index (χ2n) is 4.75. The number of nitrogens with zero attached hydrogens (tertiary/aromatic N) is 2. The van der Waals surface area contributed by atoms with E-state index >= 15 is 0 Å². The van der Waals surface area contributed by atoms with Crippen molar-refractivity contribution in [3.8, 4) is 34.0 Å². The molecule has 0 N–H and O–H groups in total. The maximum Gasteiger partial charge on any atom is 0.119 e. The van der Waals surface area contributed by atoms with E-state index in [0.717, 1.165) is 34.0 Å². The first-order valence-electron chi connectivity index (χ1n) is 6.91. The number of benzene rings is 2. The molecule has 2 aromatic carbocycles. The molecule has 0 unspecified atom stereocenters. The van der Waals surface area contributed by atoms with Crippen molar-refractivity contribution in [2.75, 3.05) is 14.2 Å². The molecule has 0 aliphatic heterocycles. The fourth-order valence-corrected chi connectivity index (χ4v) is 2.19. The van der Waals surface area contributed by atoms with Crippen molar-refractivity contribution in [2.24, 2.45) is 0 Å². The average molecular weight is 292 g/mol. The number of hydrogen-bond acceptors (Lipinski definition) is 4. The first-order valence-corrected chi connectivity index (χ1v) is 6.91. The maximum absolute atomic E-state index is 5.23. The zero-order valence-corrected chi connectivity index (χ0v) is 12.5. The molecule has 4 nitrogen and oxygen atoms in total. The van der Waals surface area contributed by atoms with Crippen molar-refractivity contribution in [1.29, 1.82) is 0 Å². The highest BCUT2D eigenvalue weighted by Gasteiger charge is 2.05. The smallest absolute Gasteiger partial charge is 0.119 e. The SMILES string of the molecule is COc1cccc(-c2cnc(-c3cccc(OC)c3)cn2)c1. The van der Waals surface area contributed by atoms with Crippen LogP contribution in [-0.2, 0) is 0 Å². The zero-order chi connectivity index (χ0) is 15.4. The van der Waals surface area contributed by atoms with E-state index in [2.05, 4.69) is 9.97 Å². The lowest BCUT2D eigenvalue weighted by Gasteiger charge is -2.06. The normalized spacial score (nSPS) is 10.3. The van der Waals surface area contributed by atoms with Crippen molar-refractivity contribution in [3.05, 3.63) is 60.9 Å². The van der Waals surface area contributed by atoms with Gasteiger partial charge in [0.05, 0.1) is 38.0 Å². The Morgan fingerprint density at radius 3 is 1.50 bits per heavy atom. The molecule has 0 saturated heterocycles. The van der Waals surface area contributed by atoms with Gasteiger partial charge in [-0.05, 0) is 24.3 Å². The molecule has 3 rings (SSSR count). The predicted octanol–water partition coefficient (Wildman–Crippen LogP) is 3.83. The average Bonchev–Trinajstić information content (AvgIpc) is 2.62. The van der Waals surface area contributed by atoms with Crippen LogP contribution in [0.4, 0.5) is 0 Å². The van der Waals surface area contributed by atoms with Crippen LogP contribution in [0.25, 0.3) is 22.5 Å². The summed E-state index contributed by atoms with van der Waals surface area (Å²) in [4.78, 5) is 8.99. The van der Waals surface area contributed by atoms with Crippen LogP contribution in [0.1, 0.15) is 0 Å². The Bertz CT molecular complexity index is 704. The molecule has 0 aliphatic rings. The topological polar surface area (TPSA) is 44.2 Å². The van der Waals surface area contributed by atoms with Gasteiger partial charge in [0.1, 0.15) is 11.5 Å². The molecule has 1 aromatic heterocycles. The van der Waals surface area contributed by atoms with Crippen LogP contribution in [-0.4, -0.2) is 24.2 Å². The quantitative estimate of drug-likeness (QED) is 0.733. The highest BCUT2D eigenvalue weighted by atomic mass is 16.5. The molecule has 0 spiro atoms. The van der Waals surface area contributed by atoms with E-state index < -0.39 is 0 Å². The maximum atomic E-state index is 5.23. The summed E-state index contributed by atoms with van der Waals surface area (Å²) in [6, 6.07) is 15.5. The summed E-state index contributed by atoms with van der Waals surface area (Å²) in [6.07, 6.45) is 3.53. The van der Waals surface area contributed by atoms with Gasteiger partial charge in [-0.2, -0.15) is 0 Å². The fourth-order valence-electron chi connectivity index (χ4n) is 2.19. The summed E-state index contributed by atoms with van der Waals surface area (Å²) in [7, 11) is 3.30. The van der Waals surface area contributed by atoms with Crippen LogP contribution in [0, 0.1) is 0 Å². The van der Waals surface area contributed by atoms with Gasteiger partial charge >= 0.3 is 0 Å². The summed E-state index contributed by atoms with van der Waals surface area (Å²) >= 11 is 0. The first kappa shape index (κ1) is 14.1. The molecule has 110 valence electrons. The van der Waals surface area contributed by atoms with Gasteiger partial charge < -0.3 is 9.47 Å². The third-order valence-corrected chi connectivity index (χ3v) is 3.38. The summed E-state index contributed by atoms with van der Waals surface area (Å²) in [5.41, 5.74) is 3.57. The number of aromatic nitrogens is 2. The minimum atomic E-state index is 0.802. The van der Waals surface area contributed by atoms with Gasteiger partial charge in [-0.1, -0.05) is 24.3 Å². The third-order valence-electron chi connectivity index (χ3n) is 3.38. The standard InChI is InChI=1S/C18H16N2O2/c1-21-15-7-3-5-13(9-15)17-11-20-18(12-19-17)14-6-4-8-16(10-14)22-2/h3-12H,1-2H3. The minimum absolute atomic E-state index is 0.802. The largest absolute Gasteiger partial charge is 0.497 e. The van der Waals surface area contributed by atoms with Crippen LogP contribution in [0.2, 0.25) is 0 Å². The molecule has 4 heteroatoms. The van der Waals surface area contributed by atoms with E-state index in [1.54, 1.807) is 26.6 Å². The van der Waals surface area contributed by atoms with E-state index in [9.17, 15) is 0 Å². The van der Waals surface area contributed by atoms with Crippen LogP contribution in [0.15, 0.2) is 60.9 Å². The van der Waals surface area contributed by atoms with Gasteiger partial charge in [0.15, 0.2) is 0 Å². The van der Waals surface area contributed by atoms with Gasteiger partial charge in [-0.15, -0.1) is 0 Å². The zero-order valence-electron chi connectivity index (χ0n) is 12.5. The van der Waals surface area contributed by atoms with E-state index in [4.69, 9.17) is 9.47 Å². The van der Waals surface area contributed by atoms with Crippen molar-refractivity contribution in [3.63, 3.8) is 0 Å². The summed E-state index contributed by atoms with van der Waals surface area (Å²) in [6.45, 7) is 0. The van der Waals surface area contributed by atoms with Crippen molar-refractivity contribution in [2.45, 2.75) is 0 Å². The lowest BCUT2D eigenvalue weighted by Crippen LogP contribution is -1.91.